The molecule has 1 aliphatic heterocycles. The molecule has 1 aliphatic rings. The zero-order valence-corrected chi connectivity index (χ0v) is 12.2. The van der Waals surface area contributed by atoms with E-state index in [2.05, 4.69) is 19.2 Å². The second-order valence-corrected chi connectivity index (χ2v) is 5.58. The van der Waals surface area contributed by atoms with Crippen LogP contribution in [-0.2, 0) is 9.59 Å². The standard InChI is InChI=1S/C14H26N2O2/c1-6-11(7-2)8-16-10(5)13(17)15-12(9(3)4)14(16)18/h9-12H,6-8H2,1-5H3,(H,15,17). The number of carbonyl (C=O) groups is 2. The van der Waals surface area contributed by atoms with Gasteiger partial charge in [-0.25, -0.2) is 0 Å². The van der Waals surface area contributed by atoms with E-state index in [0.717, 1.165) is 12.8 Å². The molecule has 2 amide bonds. The van der Waals surface area contributed by atoms with Crippen molar-refractivity contribution in [1.29, 1.82) is 0 Å². The fraction of sp³-hybridized carbons (Fsp3) is 0.857. The Morgan fingerprint density at radius 1 is 1.22 bits per heavy atom. The summed E-state index contributed by atoms with van der Waals surface area (Å²) in [6.45, 7) is 10.7. The summed E-state index contributed by atoms with van der Waals surface area (Å²) in [5.41, 5.74) is 0. The van der Waals surface area contributed by atoms with Crippen LogP contribution >= 0.6 is 0 Å². The summed E-state index contributed by atoms with van der Waals surface area (Å²) >= 11 is 0. The monoisotopic (exact) mass is 254 g/mol. The molecule has 0 aromatic rings. The lowest BCUT2D eigenvalue weighted by Crippen LogP contribution is -2.64. The van der Waals surface area contributed by atoms with Gasteiger partial charge in [0, 0.05) is 6.54 Å². The smallest absolute Gasteiger partial charge is 0.246 e. The van der Waals surface area contributed by atoms with E-state index in [1.807, 2.05) is 20.8 Å². The van der Waals surface area contributed by atoms with Crippen LogP contribution in [-0.4, -0.2) is 35.3 Å². The maximum absolute atomic E-state index is 12.4. The van der Waals surface area contributed by atoms with Crippen LogP contribution in [0.2, 0.25) is 0 Å². The quantitative estimate of drug-likeness (QED) is 0.813. The van der Waals surface area contributed by atoms with Crippen LogP contribution in [0.5, 0.6) is 0 Å². The molecule has 0 aliphatic carbocycles. The molecule has 0 radical (unpaired) electrons. The Kier molecular flexibility index (Phi) is 5.17. The van der Waals surface area contributed by atoms with Crippen molar-refractivity contribution in [2.45, 2.75) is 59.5 Å². The summed E-state index contributed by atoms with van der Waals surface area (Å²) < 4.78 is 0. The highest BCUT2D eigenvalue weighted by atomic mass is 16.2. The van der Waals surface area contributed by atoms with Crippen molar-refractivity contribution in [3.05, 3.63) is 0 Å². The third-order valence-corrected chi connectivity index (χ3v) is 3.97. The van der Waals surface area contributed by atoms with Gasteiger partial charge in [0.25, 0.3) is 0 Å². The minimum atomic E-state index is -0.358. The number of piperazine rings is 1. The average Bonchev–Trinajstić information content (AvgIpc) is 2.34. The van der Waals surface area contributed by atoms with E-state index in [1.165, 1.54) is 0 Å². The van der Waals surface area contributed by atoms with Gasteiger partial charge in [-0.3, -0.25) is 9.59 Å². The highest BCUT2D eigenvalue weighted by molar-refractivity contribution is 5.96. The number of rotatable bonds is 5. The van der Waals surface area contributed by atoms with Crippen LogP contribution in [0.15, 0.2) is 0 Å². The Morgan fingerprint density at radius 3 is 2.22 bits per heavy atom. The van der Waals surface area contributed by atoms with Crippen molar-refractivity contribution in [3.63, 3.8) is 0 Å². The lowest BCUT2D eigenvalue weighted by molar-refractivity contribution is -0.150. The van der Waals surface area contributed by atoms with Crippen molar-refractivity contribution in [2.75, 3.05) is 6.54 Å². The van der Waals surface area contributed by atoms with E-state index in [-0.39, 0.29) is 29.8 Å². The average molecular weight is 254 g/mol. The van der Waals surface area contributed by atoms with Gasteiger partial charge in [0.2, 0.25) is 11.8 Å². The zero-order chi connectivity index (χ0) is 13.9. The minimum Gasteiger partial charge on any atom is -0.342 e. The predicted octanol–water partition coefficient (Wildman–Crippen LogP) is 1.79. The van der Waals surface area contributed by atoms with Gasteiger partial charge in [-0.1, -0.05) is 40.5 Å². The first-order valence-corrected chi connectivity index (χ1v) is 7.03. The predicted molar refractivity (Wildman–Crippen MR) is 72.0 cm³/mol. The summed E-state index contributed by atoms with van der Waals surface area (Å²) in [4.78, 5) is 26.1. The van der Waals surface area contributed by atoms with Gasteiger partial charge in [0.05, 0.1) is 0 Å². The Hall–Kier alpha value is -1.06. The Balaban J connectivity index is 2.84. The van der Waals surface area contributed by atoms with E-state index in [0.29, 0.717) is 12.5 Å². The number of nitrogens with zero attached hydrogens (tertiary/aromatic N) is 1. The molecule has 4 nitrogen and oxygen atoms in total. The first-order valence-electron chi connectivity index (χ1n) is 7.03. The number of nitrogens with one attached hydrogen (secondary N) is 1. The molecule has 1 heterocycles. The molecule has 1 N–H and O–H groups in total. The molecule has 0 bridgehead atoms. The lowest BCUT2D eigenvalue weighted by atomic mass is 9.95. The van der Waals surface area contributed by atoms with Crippen LogP contribution < -0.4 is 5.32 Å². The summed E-state index contributed by atoms with van der Waals surface area (Å²) in [6, 6.07) is -0.698. The molecule has 0 spiro atoms. The molecule has 18 heavy (non-hydrogen) atoms. The van der Waals surface area contributed by atoms with Crippen molar-refractivity contribution in [3.8, 4) is 0 Å². The Labute approximate surface area is 110 Å². The summed E-state index contributed by atoms with van der Waals surface area (Å²) in [6.07, 6.45) is 2.09. The Bertz CT molecular complexity index is 311. The third-order valence-electron chi connectivity index (χ3n) is 3.97. The van der Waals surface area contributed by atoms with Crippen molar-refractivity contribution >= 4 is 11.8 Å². The number of hydrogen-bond donors (Lipinski definition) is 1. The zero-order valence-electron chi connectivity index (χ0n) is 12.2. The second kappa shape index (κ2) is 6.21. The first kappa shape index (κ1) is 15.0. The van der Waals surface area contributed by atoms with E-state index >= 15 is 0 Å². The lowest BCUT2D eigenvalue weighted by Gasteiger charge is -2.40. The molecule has 0 aromatic carbocycles. The first-order chi connectivity index (χ1) is 8.42. The van der Waals surface area contributed by atoms with E-state index < -0.39 is 0 Å². The van der Waals surface area contributed by atoms with Gasteiger partial charge in [-0.2, -0.15) is 0 Å². The fourth-order valence-electron chi connectivity index (χ4n) is 2.37. The van der Waals surface area contributed by atoms with E-state index in [4.69, 9.17) is 0 Å². The van der Waals surface area contributed by atoms with E-state index in [9.17, 15) is 9.59 Å². The number of amides is 2. The highest BCUT2D eigenvalue weighted by Crippen LogP contribution is 2.19. The molecule has 0 aromatic heterocycles. The molecule has 2 unspecified atom stereocenters. The molecule has 2 atom stereocenters. The van der Waals surface area contributed by atoms with Crippen LogP contribution in [0.3, 0.4) is 0 Å². The molecule has 1 saturated heterocycles. The summed E-state index contributed by atoms with van der Waals surface area (Å²) in [7, 11) is 0. The molecule has 0 saturated carbocycles. The van der Waals surface area contributed by atoms with Gasteiger partial charge >= 0.3 is 0 Å². The van der Waals surface area contributed by atoms with Crippen molar-refractivity contribution in [1.82, 2.24) is 10.2 Å². The molecular formula is C14H26N2O2. The van der Waals surface area contributed by atoms with Gasteiger partial charge in [-0.05, 0) is 18.8 Å². The second-order valence-electron chi connectivity index (χ2n) is 5.58. The van der Waals surface area contributed by atoms with Gasteiger partial charge < -0.3 is 10.2 Å². The third kappa shape index (κ3) is 3.03. The highest BCUT2D eigenvalue weighted by Gasteiger charge is 2.39. The molecule has 104 valence electrons. The van der Waals surface area contributed by atoms with Crippen LogP contribution in [0.1, 0.15) is 47.5 Å². The molecule has 1 rings (SSSR count). The fourth-order valence-corrected chi connectivity index (χ4v) is 2.37. The van der Waals surface area contributed by atoms with Crippen molar-refractivity contribution < 1.29 is 9.59 Å². The summed E-state index contributed by atoms with van der Waals surface area (Å²) in [5.74, 6) is 0.663. The maximum atomic E-state index is 12.4. The SMILES string of the molecule is CCC(CC)CN1C(=O)C(C(C)C)NC(=O)C1C. The number of carbonyl (C=O) groups excluding carboxylic acids is 2. The summed E-state index contributed by atoms with van der Waals surface area (Å²) in [5, 5.41) is 2.82. The van der Waals surface area contributed by atoms with Crippen LogP contribution in [0.4, 0.5) is 0 Å². The molecule has 1 fully saturated rings. The van der Waals surface area contributed by atoms with E-state index in [1.54, 1.807) is 4.90 Å². The van der Waals surface area contributed by atoms with Crippen molar-refractivity contribution in [2.24, 2.45) is 11.8 Å². The molecule has 4 heteroatoms. The molecular weight excluding hydrogens is 228 g/mol. The minimum absolute atomic E-state index is 0.0285. The van der Waals surface area contributed by atoms with Crippen LogP contribution in [0.25, 0.3) is 0 Å². The Morgan fingerprint density at radius 2 is 1.78 bits per heavy atom. The maximum Gasteiger partial charge on any atom is 0.246 e. The largest absolute Gasteiger partial charge is 0.342 e. The van der Waals surface area contributed by atoms with Gasteiger partial charge in [0.1, 0.15) is 12.1 Å². The normalized spacial score (nSPS) is 24.9. The topological polar surface area (TPSA) is 49.4 Å². The number of hydrogen-bond acceptors (Lipinski definition) is 2. The van der Waals surface area contributed by atoms with Crippen LogP contribution in [0, 0.1) is 11.8 Å². The van der Waals surface area contributed by atoms with Gasteiger partial charge in [0.15, 0.2) is 0 Å². The van der Waals surface area contributed by atoms with Gasteiger partial charge in [-0.15, -0.1) is 0 Å².